The predicted octanol–water partition coefficient (Wildman–Crippen LogP) is 2.38. The second-order valence-corrected chi connectivity index (χ2v) is 4.81. The molecule has 19 heavy (non-hydrogen) atoms. The molecule has 1 heterocycles. The number of aliphatic hydroxyl groups excluding tert-OH is 1. The first-order valence-corrected chi connectivity index (χ1v) is 6.52. The van der Waals surface area contributed by atoms with Gasteiger partial charge >= 0.3 is 0 Å². The summed E-state index contributed by atoms with van der Waals surface area (Å²) in [7, 11) is 0. The molecule has 3 nitrogen and oxygen atoms in total. The van der Waals surface area contributed by atoms with Crippen LogP contribution in [0.1, 0.15) is 23.4 Å². The van der Waals surface area contributed by atoms with Crippen molar-refractivity contribution < 1.29 is 5.11 Å². The van der Waals surface area contributed by atoms with Crippen molar-refractivity contribution >= 4 is 0 Å². The minimum absolute atomic E-state index is 0.0442. The Labute approximate surface area is 113 Å². The Morgan fingerprint density at radius 3 is 2.42 bits per heavy atom. The number of hydrogen-bond donors (Lipinski definition) is 1. The second kappa shape index (κ2) is 5.85. The van der Waals surface area contributed by atoms with Gasteiger partial charge in [0.05, 0.1) is 0 Å². The van der Waals surface area contributed by atoms with E-state index in [9.17, 15) is 4.79 Å². The number of nitrogens with zero attached hydrogens (tertiary/aromatic N) is 1. The average Bonchev–Trinajstić information content (AvgIpc) is 2.35. The van der Waals surface area contributed by atoms with Gasteiger partial charge in [-0.3, -0.25) is 4.79 Å². The van der Waals surface area contributed by atoms with E-state index in [0.29, 0.717) is 0 Å². The van der Waals surface area contributed by atoms with Crippen molar-refractivity contribution in [2.24, 2.45) is 0 Å². The smallest absolute Gasteiger partial charge is 0.182 e. The molecule has 0 aliphatic heterocycles. The van der Waals surface area contributed by atoms with Crippen molar-refractivity contribution in [1.29, 1.82) is 0 Å². The maximum absolute atomic E-state index is 11.5. The largest absolute Gasteiger partial charge is 0.396 e. The van der Waals surface area contributed by atoms with Gasteiger partial charge in [-0.05, 0) is 44.4 Å². The fraction of sp³-hybridized carbons (Fsp3) is 0.312. The molecule has 2 rings (SSSR count). The summed E-state index contributed by atoms with van der Waals surface area (Å²) in [5.74, 6) is 0. The molecule has 0 aliphatic carbocycles. The van der Waals surface area contributed by atoms with Gasteiger partial charge in [0.15, 0.2) is 5.43 Å². The van der Waals surface area contributed by atoms with Crippen LogP contribution in [0.3, 0.4) is 0 Å². The summed E-state index contributed by atoms with van der Waals surface area (Å²) in [6.07, 6.45) is 1.63. The Morgan fingerprint density at radius 1 is 1.11 bits per heavy atom. The zero-order valence-corrected chi connectivity index (χ0v) is 11.4. The van der Waals surface area contributed by atoms with Gasteiger partial charge in [0.1, 0.15) is 0 Å². The molecule has 0 fully saturated rings. The molecule has 3 heteroatoms. The van der Waals surface area contributed by atoms with Gasteiger partial charge in [0.25, 0.3) is 0 Å². The van der Waals surface area contributed by atoms with Crippen molar-refractivity contribution in [3.05, 3.63) is 63.6 Å². The number of benzene rings is 1. The lowest BCUT2D eigenvalue weighted by atomic mass is 10.1. The molecule has 1 N–H and O–H groups in total. The maximum Gasteiger partial charge on any atom is 0.182 e. The molecule has 0 saturated carbocycles. The van der Waals surface area contributed by atoms with Crippen LogP contribution in [-0.4, -0.2) is 16.3 Å². The van der Waals surface area contributed by atoms with Crippen LogP contribution in [0, 0.1) is 13.8 Å². The third-order valence-electron chi connectivity index (χ3n) is 3.20. The molecule has 0 bridgehead atoms. The molecule has 0 atom stereocenters. The van der Waals surface area contributed by atoms with Gasteiger partial charge in [-0.1, -0.05) is 12.1 Å². The molecule has 0 radical (unpaired) electrons. The summed E-state index contributed by atoms with van der Waals surface area (Å²) in [4.78, 5) is 11.5. The first kappa shape index (κ1) is 13.6. The molecule has 100 valence electrons. The summed E-state index contributed by atoms with van der Waals surface area (Å²) in [5, 5.41) is 8.89. The third-order valence-corrected chi connectivity index (χ3v) is 3.20. The van der Waals surface area contributed by atoms with E-state index >= 15 is 0 Å². The number of aryl methyl sites for hydroxylation is 3. The number of aromatic nitrogens is 1. The highest BCUT2D eigenvalue weighted by molar-refractivity contribution is 5.39. The van der Waals surface area contributed by atoms with Crippen LogP contribution in [0.4, 0.5) is 0 Å². The Morgan fingerprint density at radius 2 is 1.79 bits per heavy atom. The van der Waals surface area contributed by atoms with Gasteiger partial charge in [-0.2, -0.15) is 0 Å². The predicted molar refractivity (Wildman–Crippen MR) is 76.9 cm³/mol. The molecule has 0 saturated heterocycles. The molecular formula is C16H19NO2. The van der Waals surface area contributed by atoms with Gasteiger partial charge in [-0.25, -0.2) is 0 Å². The molecule has 1 aromatic heterocycles. The van der Waals surface area contributed by atoms with Crippen LogP contribution >= 0.6 is 0 Å². The van der Waals surface area contributed by atoms with Crippen molar-refractivity contribution in [2.45, 2.75) is 26.7 Å². The Hall–Kier alpha value is -1.87. The van der Waals surface area contributed by atoms with E-state index in [2.05, 4.69) is 16.7 Å². The van der Waals surface area contributed by atoms with Crippen molar-refractivity contribution in [2.75, 3.05) is 6.61 Å². The number of rotatable bonds is 4. The average molecular weight is 257 g/mol. The van der Waals surface area contributed by atoms with Gasteiger partial charge in [0.2, 0.25) is 0 Å². The molecule has 0 spiro atoms. The van der Waals surface area contributed by atoms with E-state index < -0.39 is 0 Å². The summed E-state index contributed by atoms with van der Waals surface area (Å²) in [6.45, 7) is 4.09. The highest BCUT2D eigenvalue weighted by Crippen LogP contribution is 2.15. The Kier molecular flexibility index (Phi) is 4.17. The zero-order chi connectivity index (χ0) is 13.8. The number of aliphatic hydroxyl groups is 1. The van der Waals surface area contributed by atoms with E-state index in [1.807, 2.05) is 26.0 Å². The fourth-order valence-electron chi connectivity index (χ4n) is 2.40. The van der Waals surface area contributed by atoms with Crippen molar-refractivity contribution in [1.82, 2.24) is 4.57 Å². The van der Waals surface area contributed by atoms with E-state index in [1.165, 1.54) is 5.56 Å². The van der Waals surface area contributed by atoms with E-state index in [1.54, 1.807) is 12.1 Å². The minimum Gasteiger partial charge on any atom is -0.396 e. The summed E-state index contributed by atoms with van der Waals surface area (Å²) >= 11 is 0. The topological polar surface area (TPSA) is 42.2 Å². The van der Waals surface area contributed by atoms with Crippen LogP contribution in [0.15, 0.2) is 41.2 Å². The molecule has 0 unspecified atom stereocenters. The lowest BCUT2D eigenvalue weighted by Gasteiger charge is -2.15. The summed E-state index contributed by atoms with van der Waals surface area (Å²) in [5.41, 5.74) is 4.17. The first-order valence-electron chi connectivity index (χ1n) is 6.52. The monoisotopic (exact) mass is 257 g/mol. The van der Waals surface area contributed by atoms with Crippen LogP contribution in [0.5, 0.6) is 0 Å². The van der Waals surface area contributed by atoms with Crippen LogP contribution < -0.4 is 5.43 Å². The molecular weight excluding hydrogens is 238 g/mol. The third kappa shape index (κ3) is 3.12. The molecule has 1 aromatic carbocycles. The fourth-order valence-corrected chi connectivity index (χ4v) is 2.40. The van der Waals surface area contributed by atoms with E-state index in [-0.39, 0.29) is 12.0 Å². The molecule has 2 aromatic rings. The maximum atomic E-state index is 11.5. The van der Waals surface area contributed by atoms with Gasteiger partial charge < -0.3 is 9.67 Å². The SMILES string of the molecule is Cc1cc(=O)cc(C)n1-c1cccc(CCCO)c1. The van der Waals surface area contributed by atoms with Crippen molar-refractivity contribution in [3.63, 3.8) is 0 Å². The molecule has 0 amide bonds. The summed E-state index contributed by atoms with van der Waals surface area (Å²) in [6, 6.07) is 11.5. The van der Waals surface area contributed by atoms with Crippen LogP contribution in [0.25, 0.3) is 5.69 Å². The first-order chi connectivity index (χ1) is 9.11. The Balaban J connectivity index is 2.44. The van der Waals surface area contributed by atoms with Gasteiger partial charge in [0, 0.05) is 35.8 Å². The zero-order valence-electron chi connectivity index (χ0n) is 11.4. The lowest BCUT2D eigenvalue weighted by molar-refractivity contribution is 0.288. The van der Waals surface area contributed by atoms with Crippen LogP contribution in [-0.2, 0) is 6.42 Å². The van der Waals surface area contributed by atoms with E-state index in [0.717, 1.165) is 29.9 Å². The highest BCUT2D eigenvalue weighted by Gasteiger charge is 2.04. The number of hydrogen-bond acceptors (Lipinski definition) is 2. The van der Waals surface area contributed by atoms with Gasteiger partial charge in [-0.15, -0.1) is 0 Å². The van der Waals surface area contributed by atoms with Crippen molar-refractivity contribution in [3.8, 4) is 5.69 Å². The van der Waals surface area contributed by atoms with Crippen LogP contribution in [0.2, 0.25) is 0 Å². The number of pyridine rings is 1. The highest BCUT2D eigenvalue weighted by atomic mass is 16.2. The van der Waals surface area contributed by atoms with E-state index in [4.69, 9.17) is 5.11 Å². The quantitative estimate of drug-likeness (QED) is 0.913. The Bertz CT molecular complexity index is 603. The normalized spacial score (nSPS) is 10.7. The molecule has 0 aliphatic rings. The second-order valence-electron chi connectivity index (χ2n) is 4.81. The minimum atomic E-state index is 0.0442. The standard InChI is InChI=1S/C16H19NO2/c1-12-9-16(19)10-13(2)17(12)15-7-3-5-14(11-15)6-4-8-18/h3,5,7,9-11,18H,4,6,8H2,1-2H3. The lowest BCUT2D eigenvalue weighted by Crippen LogP contribution is -2.11. The summed E-state index contributed by atoms with van der Waals surface area (Å²) < 4.78 is 2.07.